The Hall–Kier alpha value is -0.870. The van der Waals surface area contributed by atoms with Crippen molar-refractivity contribution in [1.82, 2.24) is 0 Å². The predicted molar refractivity (Wildman–Crippen MR) is 66.6 cm³/mol. The topological polar surface area (TPSA) is 40.5 Å². The molecule has 16 heavy (non-hydrogen) atoms. The van der Waals surface area contributed by atoms with Crippen molar-refractivity contribution >= 4 is 27.5 Å². The lowest BCUT2D eigenvalue weighted by Gasteiger charge is -2.20. The SMILES string of the molecule is Cc1cc(C)c(N2CC(O)CC2=O)c(Br)c1. The minimum atomic E-state index is -0.542. The Kier molecular flexibility index (Phi) is 3.04. The number of anilines is 1. The van der Waals surface area contributed by atoms with E-state index in [1.807, 2.05) is 26.0 Å². The summed E-state index contributed by atoms with van der Waals surface area (Å²) in [5, 5.41) is 9.49. The van der Waals surface area contributed by atoms with Gasteiger partial charge in [-0.2, -0.15) is 0 Å². The maximum atomic E-state index is 11.7. The van der Waals surface area contributed by atoms with Gasteiger partial charge in [0.2, 0.25) is 5.91 Å². The number of amides is 1. The summed E-state index contributed by atoms with van der Waals surface area (Å²) in [5.41, 5.74) is 3.08. The number of hydrogen-bond donors (Lipinski definition) is 1. The molecular formula is C12H14BrNO2. The van der Waals surface area contributed by atoms with Crippen molar-refractivity contribution in [3.63, 3.8) is 0 Å². The number of nitrogens with zero attached hydrogens (tertiary/aromatic N) is 1. The van der Waals surface area contributed by atoms with Crippen LogP contribution in [-0.4, -0.2) is 23.7 Å². The van der Waals surface area contributed by atoms with Crippen LogP contribution in [0.25, 0.3) is 0 Å². The molecule has 1 unspecified atom stereocenters. The summed E-state index contributed by atoms with van der Waals surface area (Å²) in [4.78, 5) is 13.4. The number of carbonyl (C=O) groups excluding carboxylic acids is 1. The second kappa shape index (κ2) is 4.18. The van der Waals surface area contributed by atoms with Crippen molar-refractivity contribution in [2.24, 2.45) is 0 Å². The molecule has 3 nitrogen and oxygen atoms in total. The van der Waals surface area contributed by atoms with Crippen LogP contribution in [0, 0.1) is 13.8 Å². The number of aliphatic hydroxyl groups is 1. The Morgan fingerprint density at radius 3 is 2.62 bits per heavy atom. The zero-order valence-electron chi connectivity index (χ0n) is 9.33. The van der Waals surface area contributed by atoms with Crippen molar-refractivity contribution in [3.8, 4) is 0 Å². The number of carbonyl (C=O) groups is 1. The normalized spacial score (nSPS) is 20.6. The van der Waals surface area contributed by atoms with Gasteiger partial charge in [-0.3, -0.25) is 4.79 Å². The second-order valence-corrected chi connectivity index (χ2v) is 5.13. The first-order chi connectivity index (χ1) is 7.49. The fourth-order valence-electron chi connectivity index (χ4n) is 2.15. The molecule has 0 aromatic heterocycles. The summed E-state index contributed by atoms with van der Waals surface area (Å²) in [7, 11) is 0. The summed E-state index contributed by atoms with van der Waals surface area (Å²) in [6.45, 7) is 4.38. The number of halogens is 1. The molecule has 0 saturated carbocycles. The second-order valence-electron chi connectivity index (χ2n) is 4.27. The molecule has 1 fully saturated rings. The highest BCUT2D eigenvalue weighted by Crippen LogP contribution is 2.33. The van der Waals surface area contributed by atoms with E-state index in [0.29, 0.717) is 6.54 Å². The molecule has 0 spiro atoms. The number of aliphatic hydroxyl groups excluding tert-OH is 1. The molecule has 1 heterocycles. The predicted octanol–water partition coefficient (Wildman–Crippen LogP) is 2.16. The smallest absolute Gasteiger partial charge is 0.229 e. The van der Waals surface area contributed by atoms with Gasteiger partial charge in [-0.05, 0) is 47.0 Å². The average molecular weight is 284 g/mol. The third-order valence-corrected chi connectivity index (χ3v) is 3.38. The fourth-order valence-corrected chi connectivity index (χ4v) is 3.04. The quantitative estimate of drug-likeness (QED) is 0.858. The Morgan fingerprint density at radius 2 is 2.12 bits per heavy atom. The van der Waals surface area contributed by atoms with Crippen LogP contribution in [0.3, 0.4) is 0 Å². The number of rotatable bonds is 1. The third kappa shape index (κ3) is 1.99. The van der Waals surface area contributed by atoms with Gasteiger partial charge in [0.1, 0.15) is 0 Å². The van der Waals surface area contributed by atoms with Crippen LogP contribution >= 0.6 is 15.9 Å². The molecule has 0 radical (unpaired) electrons. The van der Waals surface area contributed by atoms with Gasteiger partial charge in [-0.25, -0.2) is 0 Å². The highest BCUT2D eigenvalue weighted by molar-refractivity contribution is 9.10. The minimum Gasteiger partial charge on any atom is -0.391 e. The van der Waals surface area contributed by atoms with Crippen molar-refractivity contribution in [2.45, 2.75) is 26.4 Å². The monoisotopic (exact) mass is 283 g/mol. The highest BCUT2D eigenvalue weighted by atomic mass is 79.9. The first-order valence-corrected chi connectivity index (χ1v) is 6.03. The zero-order valence-corrected chi connectivity index (χ0v) is 10.9. The molecule has 1 saturated heterocycles. The summed E-state index contributed by atoms with van der Waals surface area (Å²) in [6.07, 6.45) is -0.320. The first-order valence-electron chi connectivity index (χ1n) is 5.24. The maximum absolute atomic E-state index is 11.7. The minimum absolute atomic E-state index is 0.0137. The van der Waals surface area contributed by atoms with E-state index in [1.54, 1.807) is 4.90 Å². The molecule has 1 N–H and O–H groups in total. The van der Waals surface area contributed by atoms with Crippen LogP contribution in [-0.2, 0) is 4.79 Å². The van der Waals surface area contributed by atoms with E-state index in [0.717, 1.165) is 21.3 Å². The maximum Gasteiger partial charge on any atom is 0.229 e. The summed E-state index contributed by atoms with van der Waals surface area (Å²) >= 11 is 3.48. The van der Waals surface area contributed by atoms with Gasteiger partial charge in [0, 0.05) is 4.47 Å². The molecular weight excluding hydrogens is 270 g/mol. The van der Waals surface area contributed by atoms with Crippen LogP contribution in [0.15, 0.2) is 16.6 Å². The number of β-amino-alcohol motifs (C(OH)–C–C–N with tert-alkyl or cyclic N) is 1. The molecule has 0 bridgehead atoms. The van der Waals surface area contributed by atoms with Gasteiger partial charge in [-0.1, -0.05) is 6.07 Å². The number of aryl methyl sites for hydroxylation is 2. The van der Waals surface area contributed by atoms with E-state index in [1.165, 1.54) is 0 Å². The van der Waals surface area contributed by atoms with Gasteiger partial charge in [0.05, 0.1) is 24.8 Å². The van der Waals surface area contributed by atoms with E-state index in [2.05, 4.69) is 15.9 Å². The number of hydrogen-bond acceptors (Lipinski definition) is 2. The molecule has 1 amide bonds. The van der Waals surface area contributed by atoms with Crippen LogP contribution in [0.5, 0.6) is 0 Å². The van der Waals surface area contributed by atoms with E-state index < -0.39 is 6.10 Å². The lowest BCUT2D eigenvalue weighted by Crippen LogP contribution is -2.26. The molecule has 1 aliphatic heterocycles. The largest absolute Gasteiger partial charge is 0.391 e. The van der Waals surface area contributed by atoms with Crippen molar-refractivity contribution in [2.75, 3.05) is 11.4 Å². The van der Waals surface area contributed by atoms with Crippen LogP contribution < -0.4 is 4.90 Å². The standard InChI is InChI=1S/C12H14BrNO2/c1-7-3-8(2)12(10(13)4-7)14-6-9(15)5-11(14)16/h3-4,9,15H,5-6H2,1-2H3. The molecule has 86 valence electrons. The summed E-state index contributed by atoms with van der Waals surface area (Å²) in [6, 6.07) is 4.03. The molecule has 1 aliphatic rings. The Morgan fingerprint density at radius 1 is 1.44 bits per heavy atom. The zero-order chi connectivity index (χ0) is 11.9. The first kappa shape index (κ1) is 11.6. The van der Waals surface area contributed by atoms with Gasteiger partial charge in [-0.15, -0.1) is 0 Å². The van der Waals surface area contributed by atoms with Crippen LogP contribution in [0.1, 0.15) is 17.5 Å². The lowest BCUT2D eigenvalue weighted by atomic mass is 10.1. The van der Waals surface area contributed by atoms with E-state index in [9.17, 15) is 9.90 Å². The summed E-state index contributed by atoms with van der Waals surface area (Å²) < 4.78 is 0.910. The van der Waals surface area contributed by atoms with E-state index >= 15 is 0 Å². The molecule has 1 aromatic rings. The lowest BCUT2D eigenvalue weighted by molar-refractivity contribution is -0.117. The Bertz CT molecular complexity index is 422. The molecule has 1 aromatic carbocycles. The van der Waals surface area contributed by atoms with Gasteiger partial charge in [0.25, 0.3) is 0 Å². The molecule has 1 atom stereocenters. The summed E-state index contributed by atoms with van der Waals surface area (Å²) in [5.74, 6) is -0.0137. The number of benzene rings is 1. The third-order valence-electron chi connectivity index (χ3n) is 2.77. The molecule has 0 aliphatic carbocycles. The van der Waals surface area contributed by atoms with Crippen molar-refractivity contribution < 1.29 is 9.90 Å². The average Bonchev–Trinajstić information content (AvgIpc) is 2.43. The molecule has 4 heteroatoms. The van der Waals surface area contributed by atoms with E-state index in [-0.39, 0.29) is 12.3 Å². The van der Waals surface area contributed by atoms with Crippen LogP contribution in [0.2, 0.25) is 0 Å². The van der Waals surface area contributed by atoms with Crippen molar-refractivity contribution in [1.29, 1.82) is 0 Å². The van der Waals surface area contributed by atoms with Gasteiger partial charge in [0.15, 0.2) is 0 Å². The highest BCUT2D eigenvalue weighted by Gasteiger charge is 2.31. The fraction of sp³-hybridized carbons (Fsp3) is 0.417. The van der Waals surface area contributed by atoms with Crippen LogP contribution in [0.4, 0.5) is 5.69 Å². The Labute approximate surface area is 103 Å². The van der Waals surface area contributed by atoms with Gasteiger partial charge < -0.3 is 10.0 Å². The Balaban J connectivity index is 2.44. The van der Waals surface area contributed by atoms with Crippen molar-refractivity contribution in [3.05, 3.63) is 27.7 Å². The molecule has 2 rings (SSSR count). The van der Waals surface area contributed by atoms with E-state index in [4.69, 9.17) is 0 Å². The van der Waals surface area contributed by atoms with Gasteiger partial charge >= 0.3 is 0 Å².